The van der Waals surface area contributed by atoms with Gasteiger partial charge in [-0.1, -0.05) is 23.2 Å². The molecule has 27 heavy (non-hydrogen) atoms. The SMILES string of the molecule is COc1ccc(C(=O)C[n+]2cnn(CC(=O)c3ccc(Cl)cc3Cl)c2)cc1. The summed E-state index contributed by atoms with van der Waals surface area (Å²) in [5.74, 6) is 0.411. The highest BCUT2D eigenvalue weighted by molar-refractivity contribution is 6.36. The first kappa shape index (κ1) is 19.1. The Balaban J connectivity index is 1.65. The Hall–Kier alpha value is -2.70. The Morgan fingerprint density at radius 1 is 1.11 bits per heavy atom. The van der Waals surface area contributed by atoms with E-state index >= 15 is 0 Å². The highest BCUT2D eigenvalue weighted by Crippen LogP contribution is 2.21. The average Bonchev–Trinajstić information content (AvgIpc) is 3.08. The molecule has 0 radical (unpaired) electrons. The van der Waals surface area contributed by atoms with Crippen molar-refractivity contribution in [1.82, 2.24) is 9.78 Å². The molecule has 3 rings (SSSR count). The second kappa shape index (κ2) is 8.33. The number of ketones is 2. The van der Waals surface area contributed by atoms with Crippen LogP contribution in [-0.2, 0) is 13.1 Å². The Bertz CT molecular complexity index is 984. The summed E-state index contributed by atoms with van der Waals surface area (Å²) in [6.45, 7) is 0.118. The van der Waals surface area contributed by atoms with E-state index in [2.05, 4.69) is 5.10 Å². The van der Waals surface area contributed by atoms with Gasteiger partial charge in [0.05, 0.1) is 12.1 Å². The largest absolute Gasteiger partial charge is 0.497 e. The van der Waals surface area contributed by atoms with E-state index in [1.807, 2.05) is 0 Å². The van der Waals surface area contributed by atoms with Crippen LogP contribution in [-0.4, -0.2) is 28.5 Å². The molecule has 0 N–H and O–H groups in total. The van der Waals surface area contributed by atoms with Gasteiger partial charge in [0.25, 0.3) is 6.33 Å². The third-order valence-corrected chi connectivity index (χ3v) is 4.45. The van der Waals surface area contributed by atoms with Gasteiger partial charge in [0.15, 0.2) is 12.3 Å². The number of rotatable bonds is 7. The fraction of sp³-hybridized carbons (Fsp3) is 0.158. The smallest absolute Gasteiger partial charge is 0.265 e. The maximum absolute atomic E-state index is 12.4. The molecule has 0 aliphatic rings. The standard InChI is InChI=1S/C19H16Cl2N3O3/c1-27-15-5-2-13(3-6-15)18(25)9-23-11-22-24(12-23)10-19(26)16-7-4-14(20)8-17(16)21/h2-8,11-12H,9-10H2,1H3/q+1. The molecule has 0 spiro atoms. The molecule has 1 aromatic heterocycles. The van der Waals surface area contributed by atoms with E-state index in [0.29, 0.717) is 26.9 Å². The van der Waals surface area contributed by atoms with Crippen LogP contribution in [0.15, 0.2) is 55.1 Å². The third-order valence-electron chi connectivity index (χ3n) is 3.91. The van der Waals surface area contributed by atoms with Gasteiger partial charge >= 0.3 is 0 Å². The van der Waals surface area contributed by atoms with Crippen molar-refractivity contribution in [3.05, 3.63) is 76.3 Å². The van der Waals surface area contributed by atoms with Crippen LogP contribution in [0.1, 0.15) is 20.7 Å². The van der Waals surface area contributed by atoms with E-state index in [4.69, 9.17) is 27.9 Å². The number of ether oxygens (including phenoxy) is 1. The topological polar surface area (TPSA) is 65.1 Å². The molecule has 0 saturated carbocycles. The molecule has 0 unspecified atom stereocenters. The van der Waals surface area contributed by atoms with Crippen LogP contribution in [0.3, 0.4) is 0 Å². The van der Waals surface area contributed by atoms with Crippen molar-refractivity contribution in [3.8, 4) is 5.75 Å². The fourth-order valence-electron chi connectivity index (χ4n) is 2.51. The zero-order chi connectivity index (χ0) is 19.4. The second-order valence-electron chi connectivity index (χ2n) is 5.82. The van der Waals surface area contributed by atoms with Crippen molar-refractivity contribution in [3.63, 3.8) is 0 Å². The number of carbonyl (C=O) groups is 2. The average molecular weight is 405 g/mol. The minimum absolute atomic E-state index is 0.00504. The number of aromatic nitrogens is 3. The second-order valence-corrected chi connectivity index (χ2v) is 6.66. The number of benzene rings is 2. The Labute approximate surface area is 165 Å². The molecular formula is C19H16Cl2N3O3+. The molecule has 0 aliphatic carbocycles. The number of Topliss-reactive ketones (excluding diaryl/α,β-unsaturated/α-hetero) is 2. The molecule has 0 amide bonds. The summed E-state index contributed by atoms with van der Waals surface area (Å²) in [7, 11) is 1.57. The van der Waals surface area contributed by atoms with Crippen molar-refractivity contribution in [1.29, 1.82) is 0 Å². The molecule has 6 nitrogen and oxygen atoms in total. The summed E-state index contributed by atoms with van der Waals surface area (Å²) in [4.78, 5) is 24.7. The van der Waals surface area contributed by atoms with E-state index in [1.54, 1.807) is 54.4 Å². The van der Waals surface area contributed by atoms with Gasteiger partial charge in [0, 0.05) is 21.2 Å². The van der Waals surface area contributed by atoms with E-state index in [9.17, 15) is 9.59 Å². The highest BCUT2D eigenvalue weighted by atomic mass is 35.5. The third kappa shape index (κ3) is 4.72. The van der Waals surface area contributed by atoms with E-state index in [0.717, 1.165) is 0 Å². The molecule has 3 aromatic rings. The Morgan fingerprint density at radius 3 is 2.52 bits per heavy atom. The monoisotopic (exact) mass is 404 g/mol. The van der Waals surface area contributed by atoms with Crippen LogP contribution in [0.5, 0.6) is 5.75 Å². The Morgan fingerprint density at radius 2 is 1.85 bits per heavy atom. The minimum atomic E-state index is -0.201. The highest BCUT2D eigenvalue weighted by Gasteiger charge is 2.17. The Kier molecular flexibility index (Phi) is 5.88. The van der Waals surface area contributed by atoms with Gasteiger partial charge in [-0.3, -0.25) is 9.59 Å². The lowest BCUT2D eigenvalue weighted by Gasteiger charge is -2.02. The minimum Gasteiger partial charge on any atom is -0.497 e. The van der Waals surface area contributed by atoms with Crippen molar-refractivity contribution < 1.29 is 18.9 Å². The van der Waals surface area contributed by atoms with Gasteiger partial charge in [-0.2, -0.15) is 0 Å². The molecule has 0 fully saturated rings. The summed E-state index contributed by atoms with van der Waals surface area (Å²) in [5, 5.41) is 4.88. The number of halogens is 2. The van der Waals surface area contributed by atoms with Crippen molar-refractivity contribution >= 4 is 34.8 Å². The molecule has 1 heterocycles. The lowest BCUT2D eigenvalue weighted by molar-refractivity contribution is -0.683. The summed E-state index contributed by atoms with van der Waals surface area (Å²) >= 11 is 11.9. The fourth-order valence-corrected chi connectivity index (χ4v) is 3.02. The summed E-state index contributed by atoms with van der Waals surface area (Å²) in [5.41, 5.74) is 0.942. The predicted molar refractivity (Wildman–Crippen MR) is 101 cm³/mol. The lowest BCUT2D eigenvalue weighted by Crippen LogP contribution is -2.36. The molecule has 0 atom stereocenters. The number of carbonyl (C=O) groups excluding carboxylic acids is 2. The molecular weight excluding hydrogens is 389 g/mol. The van der Waals surface area contributed by atoms with Crippen LogP contribution in [0.25, 0.3) is 0 Å². The van der Waals surface area contributed by atoms with Crippen LogP contribution in [0.2, 0.25) is 10.0 Å². The normalized spacial score (nSPS) is 10.6. The van der Waals surface area contributed by atoms with E-state index in [1.165, 1.54) is 17.1 Å². The number of nitrogens with zero attached hydrogens (tertiary/aromatic N) is 3. The van der Waals surface area contributed by atoms with Gasteiger partial charge in [0.1, 0.15) is 12.3 Å². The van der Waals surface area contributed by atoms with Gasteiger partial charge in [-0.05, 0) is 42.5 Å². The van der Waals surface area contributed by atoms with Crippen LogP contribution < -0.4 is 9.30 Å². The zero-order valence-electron chi connectivity index (χ0n) is 14.4. The number of methoxy groups -OCH3 is 1. The molecule has 0 aliphatic heterocycles. The quantitative estimate of drug-likeness (QED) is 0.447. The van der Waals surface area contributed by atoms with Crippen LogP contribution in [0, 0.1) is 0 Å². The van der Waals surface area contributed by atoms with Crippen LogP contribution >= 0.6 is 23.2 Å². The number of hydrogen-bond acceptors (Lipinski definition) is 4. The van der Waals surface area contributed by atoms with E-state index in [-0.39, 0.29) is 24.7 Å². The zero-order valence-corrected chi connectivity index (χ0v) is 15.9. The van der Waals surface area contributed by atoms with Gasteiger partial charge in [0.2, 0.25) is 12.1 Å². The summed E-state index contributed by atoms with van der Waals surface area (Å²) in [6.07, 6.45) is 3.10. The summed E-state index contributed by atoms with van der Waals surface area (Å²) < 4.78 is 8.15. The van der Waals surface area contributed by atoms with Crippen molar-refractivity contribution in [2.75, 3.05) is 7.11 Å². The van der Waals surface area contributed by atoms with Crippen molar-refractivity contribution in [2.45, 2.75) is 13.1 Å². The maximum Gasteiger partial charge on any atom is 0.265 e. The van der Waals surface area contributed by atoms with Gasteiger partial charge in [-0.25, -0.2) is 4.57 Å². The van der Waals surface area contributed by atoms with Crippen molar-refractivity contribution in [2.24, 2.45) is 0 Å². The first-order valence-corrected chi connectivity index (χ1v) is 8.79. The van der Waals surface area contributed by atoms with Gasteiger partial charge < -0.3 is 4.74 Å². The number of hydrogen-bond donors (Lipinski definition) is 0. The first-order chi connectivity index (χ1) is 13.0. The predicted octanol–water partition coefficient (Wildman–Crippen LogP) is 3.25. The maximum atomic E-state index is 12.4. The first-order valence-electron chi connectivity index (χ1n) is 8.03. The molecule has 8 heteroatoms. The molecule has 0 saturated heterocycles. The summed E-state index contributed by atoms with van der Waals surface area (Å²) in [6, 6.07) is 11.6. The molecule has 0 bridgehead atoms. The van der Waals surface area contributed by atoms with Crippen LogP contribution in [0.4, 0.5) is 0 Å². The molecule has 138 valence electrons. The lowest BCUT2D eigenvalue weighted by atomic mass is 10.1. The van der Waals surface area contributed by atoms with E-state index < -0.39 is 0 Å². The molecule has 2 aromatic carbocycles. The van der Waals surface area contributed by atoms with Gasteiger partial charge in [-0.15, -0.1) is 4.68 Å².